The number of pyridine rings is 1. The standard InChI is InChI=1S/C42H56N4O6/c47-35-16-14-33(34-15-17-39(50)45-40(34)35)36(48)26-43-25-29-10-12-32(13-11-29)44-38(49)9-5-7-28-6-4-8-31(24-28)42(20-2-1-3-21-42)41(51)52-37-27-46-22-18-30(37)19-23-46/h4,6,8,14-17,24,29-30,32,36-37,43,47-48H,1-3,5,7,9-13,18-23,25-27H2,(H,44,49)(H,45,50)/t29?,32?,36?,37-/m0/s1. The number of nitrogens with zero attached hydrogens (tertiary/aromatic N) is 1. The minimum Gasteiger partial charge on any atom is -0.506 e. The highest BCUT2D eigenvalue weighted by Crippen LogP contribution is 2.42. The van der Waals surface area contributed by atoms with E-state index >= 15 is 0 Å². The van der Waals surface area contributed by atoms with E-state index in [1.54, 1.807) is 12.1 Å². The number of esters is 1. The van der Waals surface area contributed by atoms with Crippen LogP contribution in [0.1, 0.15) is 106 Å². The molecule has 5 N–H and O–H groups in total. The molecule has 52 heavy (non-hydrogen) atoms. The van der Waals surface area contributed by atoms with Crippen molar-refractivity contribution in [3.05, 3.63) is 75.6 Å². The van der Waals surface area contributed by atoms with E-state index in [0.29, 0.717) is 41.3 Å². The van der Waals surface area contributed by atoms with E-state index in [1.165, 1.54) is 17.7 Å². The molecule has 5 fully saturated rings. The first-order valence-electron chi connectivity index (χ1n) is 19.8. The number of amides is 1. The Balaban J connectivity index is 0.836. The summed E-state index contributed by atoms with van der Waals surface area (Å²) in [4.78, 5) is 43.7. The third kappa shape index (κ3) is 8.40. The highest BCUT2D eigenvalue weighted by atomic mass is 16.5. The second-order valence-electron chi connectivity index (χ2n) is 16.0. The van der Waals surface area contributed by atoms with Crippen molar-refractivity contribution in [2.45, 2.75) is 114 Å². The molecule has 3 aliphatic heterocycles. The minimum atomic E-state index is -0.781. The SMILES string of the molecule is O=C(CCCc1cccc(C2(C(=O)O[C@H]3CN4CCC3CC4)CCCCC2)c1)NC1CCC(CNCC(O)c2ccc(O)c3[nH]c(=O)ccc23)CC1. The number of fused-ring (bicyclic) bond motifs is 4. The lowest BCUT2D eigenvalue weighted by Gasteiger charge is -2.45. The number of H-pyrrole nitrogens is 1. The Hall–Kier alpha value is -3.73. The van der Waals surface area contributed by atoms with Crippen LogP contribution in [0.25, 0.3) is 10.9 Å². The third-order valence-electron chi connectivity index (χ3n) is 12.5. The summed E-state index contributed by atoms with van der Waals surface area (Å²) in [7, 11) is 0. The van der Waals surface area contributed by atoms with Crippen molar-refractivity contribution in [1.29, 1.82) is 0 Å². The average Bonchev–Trinajstić information content (AvgIpc) is 3.16. The lowest BCUT2D eigenvalue weighted by atomic mass is 9.69. The number of rotatable bonds is 13. The van der Waals surface area contributed by atoms with Gasteiger partial charge in [0.05, 0.1) is 17.0 Å². The van der Waals surface area contributed by atoms with Gasteiger partial charge in [-0.2, -0.15) is 0 Å². The lowest BCUT2D eigenvalue weighted by molar-refractivity contribution is -0.167. The number of ether oxygens (including phenoxy) is 1. The van der Waals surface area contributed by atoms with Gasteiger partial charge in [-0.05, 0) is 125 Å². The zero-order valence-electron chi connectivity index (χ0n) is 30.4. The number of piperidine rings is 3. The van der Waals surface area contributed by atoms with Gasteiger partial charge < -0.3 is 30.6 Å². The molecule has 8 rings (SSSR count). The van der Waals surface area contributed by atoms with Crippen LogP contribution in [0.4, 0.5) is 0 Å². The van der Waals surface area contributed by atoms with Gasteiger partial charge >= 0.3 is 5.97 Å². The number of aliphatic hydroxyl groups excluding tert-OH is 1. The maximum absolute atomic E-state index is 14.0. The Morgan fingerprint density at radius 1 is 0.981 bits per heavy atom. The molecule has 1 aromatic heterocycles. The number of carbonyl (C=O) groups excluding carboxylic acids is 2. The summed E-state index contributed by atoms with van der Waals surface area (Å²) in [6.45, 7) is 4.29. The average molecular weight is 713 g/mol. The van der Waals surface area contributed by atoms with Gasteiger partial charge in [0.1, 0.15) is 11.9 Å². The van der Waals surface area contributed by atoms with Gasteiger partial charge in [-0.25, -0.2) is 0 Å². The van der Waals surface area contributed by atoms with Crippen molar-refractivity contribution in [3.63, 3.8) is 0 Å². The summed E-state index contributed by atoms with van der Waals surface area (Å²) >= 11 is 0. The maximum Gasteiger partial charge on any atom is 0.316 e. The summed E-state index contributed by atoms with van der Waals surface area (Å²) in [6.07, 6.45) is 12.4. The Morgan fingerprint density at radius 2 is 1.77 bits per heavy atom. The number of phenolic OH excluding ortho intramolecular Hbond substituents is 1. The number of nitrogens with one attached hydrogen (secondary N) is 3. The molecular weight excluding hydrogens is 656 g/mol. The Morgan fingerprint density at radius 3 is 2.52 bits per heavy atom. The molecule has 2 aliphatic carbocycles. The number of phenols is 1. The largest absolute Gasteiger partial charge is 0.506 e. The van der Waals surface area contributed by atoms with Crippen LogP contribution in [-0.4, -0.2) is 76.8 Å². The monoisotopic (exact) mass is 712 g/mol. The Bertz CT molecular complexity index is 1750. The normalized spacial score (nSPS) is 26.1. The molecule has 10 heteroatoms. The number of aromatic hydroxyl groups is 1. The van der Waals surface area contributed by atoms with Crippen molar-refractivity contribution in [2.75, 3.05) is 32.7 Å². The molecule has 0 radical (unpaired) electrons. The van der Waals surface area contributed by atoms with Crippen molar-refractivity contribution in [1.82, 2.24) is 20.5 Å². The molecule has 2 aromatic carbocycles. The second kappa shape index (κ2) is 16.5. The molecule has 2 saturated carbocycles. The van der Waals surface area contributed by atoms with E-state index in [9.17, 15) is 24.6 Å². The van der Waals surface area contributed by atoms with E-state index in [1.807, 2.05) is 0 Å². The number of aliphatic hydroxyl groups is 1. The number of aromatic nitrogens is 1. The van der Waals surface area contributed by atoms with E-state index in [-0.39, 0.29) is 35.3 Å². The first-order chi connectivity index (χ1) is 25.3. The van der Waals surface area contributed by atoms with Crippen molar-refractivity contribution < 1.29 is 24.5 Å². The minimum absolute atomic E-state index is 0.0204. The van der Waals surface area contributed by atoms with Crippen LogP contribution >= 0.6 is 0 Å². The van der Waals surface area contributed by atoms with Crippen LogP contribution in [0.15, 0.2) is 53.3 Å². The van der Waals surface area contributed by atoms with Crippen LogP contribution in [0.2, 0.25) is 0 Å². The van der Waals surface area contributed by atoms with E-state index < -0.39 is 11.5 Å². The van der Waals surface area contributed by atoms with Gasteiger partial charge in [0, 0.05) is 37.0 Å². The molecule has 4 heterocycles. The van der Waals surface area contributed by atoms with Gasteiger partial charge in [-0.3, -0.25) is 19.3 Å². The summed E-state index contributed by atoms with van der Waals surface area (Å²) in [5.41, 5.74) is 2.40. The number of hydrogen-bond donors (Lipinski definition) is 5. The summed E-state index contributed by atoms with van der Waals surface area (Å²) in [5.74, 6) is 1.04. The predicted octanol–water partition coefficient (Wildman–Crippen LogP) is 5.39. The molecule has 5 aliphatic rings. The van der Waals surface area contributed by atoms with Gasteiger partial charge in [-0.1, -0.05) is 49.6 Å². The molecule has 3 saturated heterocycles. The van der Waals surface area contributed by atoms with Crippen LogP contribution in [-0.2, 0) is 26.2 Å². The van der Waals surface area contributed by atoms with Gasteiger partial charge in [-0.15, -0.1) is 0 Å². The lowest BCUT2D eigenvalue weighted by Crippen LogP contribution is -2.53. The molecule has 2 atom stereocenters. The fraction of sp³-hybridized carbons (Fsp3) is 0.595. The van der Waals surface area contributed by atoms with Crippen molar-refractivity contribution in [2.24, 2.45) is 11.8 Å². The molecule has 10 nitrogen and oxygen atoms in total. The van der Waals surface area contributed by atoms with Crippen LogP contribution < -0.4 is 16.2 Å². The van der Waals surface area contributed by atoms with Crippen molar-refractivity contribution >= 4 is 22.8 Å². The fourth-order valence-corrected chi connectivity index (χ4v) is 9.43. The summed E-state index contributed by atoms with van der Waals surface area (Å²) < 4.78 is 6.36. The first kappa shape index (κ1) is 36.6. The van der Waals surface area contributed by atoms with Crippen LogP contribution in [0.3, 0.4) is 0 Å². The van der Waals surface area contributed by atoms with Gasteiger partial charge in [0.2, 0.25) is 11.5 Å². The third-order valence-corrected chi connectivity index (χ3v) is 12.5. The predicted molar refractivity (Wildman–Crippen MR) is 201 cm³/mol. The molecule has 2 bridgehead atoms. The fourth-order valence-electron chi connectivity index (χ4n) is 9.43. The Labute approximate surface area is 306 Å². The van der Waals surface area contributed by atoms with Crippen LogP contribution in [0.5, 0.6) is 5.75 Å². The summed E-state index contributed by atoms with van der Waals surface area (Å²) in [5, 5.41) is 28.3. The van der Waals surface area contributed by atoms with E-state index in [0.717, 1.165) is 115 Å². The number of aryl methyl sites for hydroxylation is 1. The molecule has 1 amide bonds. The topological polar surface area (TPSA) is 144 Å². The van der Waals surface area contributed by atoms with Gasteiger partial charge in [0.15, 0.2) is 0 Å². The van der Waals surface area contributed by atoms with Crippen molar-refractivity contribution in [3.8, 4) is 5.75 Å². The van der Waals surface area contributed by atoms with Gasteiger partial charge in [0.25, 0.3) is 0 Å². The quantitative estimate of drug-likeness (QED) is 0.149. The zero-order valence-corrected chi connectivity index (χ0v) is 30.4. The highest BCUT2D eigenvalue weighted by Gasteiger charge is 2.46. The molecule has 280 valence electrons. The summed E-state index contributed by atoms with van der Waals surface area (Å²) in [6, 6.07) is 14.9. The molecule has 1 unspecified atom stereocenters. The first-order valence-corrected chi connectivity index (χ1v) is 19.8. The smallest absolute Gasteiger partial charge is 0.316 e. The highest BCUT2D eigenvalue weighted by molar-refractivity contribution is 5.87. The zero-order chi connectivity index (χ0) is 36.1. The molecular formula is C42H56N4O6. The second-order valence-corrected chi connectivity index (χ2v) is 16.0. The maximum atomic E-state index is 14.0. The number of benzene rings is 2. The van der Waals surface area contributed by atoms with E-state index in [2.05, 4.69) is 44.8 Å². The molecule has 0 spiro atoms. The molecule has 3 aromatic rings. The number of carbonyl (C=O) groups is 2. The van der Waals surface area contributed by atoms with Crippen LogP contribution in [0, 0.1) is 11.8 Å². The number of aromatic amines is 1. The van der Waals surface area contributed by atoms with E-state index in [4.69, 9.17) is 4.74 Å². The Kier molecular flexibility index (Phi) is 11.6. The number of hydrogen-bond acceptors (Lipinski definition) is 8.